The summed E-state index contributed by atoms with van der Waals surface area (Å²) in [5.41, 5.74) is 0.762. The van der Waals surface area contributed by atoms with Gasteiger partial charge in [-0.25, -0.2) is 0 Å². The highest BCUT2D eigenvalue weighted by molar-refractivity contribution is 6.30. The summed E-state index contributed by atoms with van der Waals surface area (Å²) in [7, 11) is 0. The third-order valence-electron chi connectivity index (χ3n) is 3.00. The number of aliphatic hydroxyl groups excluding tert-OH is 1. The number of hydrogen-bond donors (Lipinski definition) is 2. The van der Waals surface area contributed by atoms with E-state index in [0.717, 1.165) is 18.4 Å². The van der Waals surface area contributed by atoms with Gasteiger partial charge in [0.15, 0.2) is 0 Å². The molecular formula is C13H16ClNO2. The van der Waals surface area contributed by atoms with E-state index in [9.17, 15) is 9.90 Å². The van der Waals surface area contributed by atoms with Gasteiger partial charge in [0.25, 0.3) is 0 Å². The summed E-state index contributed by atoms with van der Waals surface area (Å²) in [6.07, 6.45) is 1.24. The van der Waals surface area contributed by atoms with Crippen LogP contribution in [0, 0.1) is 5.92 Å². The summed E-state index contributed by atoms with van der Waals surface area (Å²) < 4.78 is 0. The molecule has 2 atom stereocenters. The number of nitrogens with one attached hydrogen (secondary N) is 1. The number of benzene rings is 1. The van der Waals surface area contributed by atoms with Gasteiger partial charge in [0.05, 0.1) is 12.1 Å². The minimum absolute atomic E-state index is 0.0468. The van der Waals surface area contributed by atoms with Gasteiger partial charge in [-0.3, -0.25) is 4.79 Å². The molecular weight excluding hydrogens is 238 g/mol. The van der Waals surface area contributed by atoms with Crippen molar-refractivity contribution in [3.63, 3.8) is 0 Å². The summed E-state index contributed by atoms with van der Waals surface area (Å²) in [6, 6.07) is 6.72. The molecule has 0 saturated heterocycles. The molecule has 1 saturated carbocycles. The molecule has 4 heteroatoms. The summed E-state index contributed by atoms with van der Waals surface area (Å²) in [6.45, 7) is 1.81. The van der Waals surface area contributed by atoms with Gasteiger partial charge in [0.1, 0.15) is 0 Å². The fourth-order valence-electron chi connectivity index (χ4n) is 1.72. The number of amides is 1. The summed E-state index contributed by atoms with van der Waals surface area (Å²) >= 11 is 5.78. The van der Waals surface area contributed by atoms with Gasteiger partial charge in [-0.15, -0.1) is 0 Å². The van der Waals surface area contributed by atoms with Crippen molar-refractivity contribution in [2.75, 3.05) is 0 Å². The second-order valence-corrected chi connectivity index (χ2v) is 5.00. The van der Waals surface area contributed by atoms with Gasteiger partial charge in [-0.2, -0.15) is 0 Å². The average Bonchev–Trinajstić information content (AvgIpc) is 3.12. The SMILES string of the molecule is CC(NC(=O)C1CC1)C(O)c1ccc(Cl)cc1. The van der Waals surface area contributed by atoms with Gasteiger partial charge in [-0.1, -0.05) is 23.7 Å². The predicted octanol–water partition coefficient (Wildman–Crippen LogP) is 2.29. The maximum absolute atomic E-state index is 11.6. The largest absolute Gasteiger partial charge is 0.386 e. The molecule has 2 N–H and O–H groups in total. The summed E-state index contributed by atoms with van der Waals surface area (Å²) in [4.78, 5) is 11.6. The van der Waals surface area contributed by atoms with Crippen molar-refractivity contribution in [2.24, 2.45) is 5.92 Å². The highest BCUT2D eigenvalue weighted by Crippen LogP contribution is 2.29. The zero-order chi connectivity index (χ0) is 12.4. The van der Waals surface area contributed by atoms with Crippen LogP contribution in [0.15, 0.2) is 24.3 Å². The summed E-state index contributed by atoms with van der Waals surface area (Å²) in [5, 5.41) is 13.5. The fraction of sp³-hybridized carbons (Fsp3) is 0.462. The number of halogens is 1. The minimum Gasteiger partial charge on any atom is -0.386 e. The number of rotatable bonds is 4. The van der Waals surface area contributed by atoms with Crippen LogP contribution < -0.4 is 5.32 Å². The first-order chi connectivity index (χ1) is 8.08. The van der Waals surface area contributed by atoms with Crippen molar-refractivity contribution in [2.45, 2.75) is 31.9 Å². The zero-order valence-electron chi connectivity index (χ0n) is 9.69. The number of carbonyl (C=O) groups is 1. The Hall–Kier alpha value is -1.06. The molecule has 1 aromatic carbocycles. The van der Waals surface area contributed by atoms with E-state index < -0.39 is 6.10 Å². The van der Waals surface area contributed by atoms with E-state index in [1.54, 1.807) is 31.2 Å². The van der Waals surface area contributed by atoms with Gasteiger partial charge >= 0.3 is 0 Å². The number of aliphatic hydroxyl groups is 1. The van der Waals surface area contributed by atoms with Crippen molar-refractivity contribution in [1.29, 1.82) is 0 Å². The van der Waals surface area contributed by atoms with E-state index in [1.165, 1.54) is 0 Å². The highest BCUT2D eigenvalue weighted by atomic mass is 35.5. The molecule has 0 bridgehead atoms. The van der Waals surface area contributed by atoms with Crippen molar-refractivity contribution < 1.29 is 9.90 Å². The third-order valence-corrected chi connectivity index (χ3v) is 3.26. The van der Waals surface area contributed by atoms with E-state index in [0.29, 0.717) is 5.02 Å². The van der Waals surface area contributed by atoms with Crippen molar-refractivity contribution >= 4 is 17.5 Å². The molecule has 1 amide bonds. The molecule has 17 heavy (non-hydrogen) atoms. The van der Waals surface area contributed by atoms with Crippen LogP contribution in [0.4, 0.5) is 0 Å². The Morgan fingerprint density at radius 1 is 1.41 bits per heavy atom. The first kappa shape index (κ1) is 12.4. The second kappa shape index (κ2) is 5.07. The topological polar surface area (TPSA) is 49.3 Å². The lowest BCUT2D eigenvalue weighted by atomic mass is 10.0. The van der Waals surface area contributed by atoms with Gasteiger partial charge in [-0.05, 0) is 37.5 Å². The van der Waals surface area contributed by atoms with Gasteiger partial charge < -0.3 is 10.4 Å². The fourth-order valence-corrected chi connectivity index (χ4v) is 1.84. The number of hydrogen-bond acceptors (Lipinski definition) is 2. The first-order valence-electron chi connectivity index (χ1n) is 5.82. The standard InChI is InChI=1S/C13H16ClNO2/c1-8(15-13(17)10-2-3-10)12(16)9-4-6-11(14)7-5-9/h4-8,10,12,16H,2-3H2,1H3,(H,15,17). The van der Waals surface area contributed by atoms with E-state index in [-0.39, 0.29) is 17.9 Å². The Balaban J connectivity index is 1.95. The molecule has 0 aromatic heterocycles. The average molecular weight is 254 g/mol. The Morgan fingerprint density at radius 2 is 2.00 bits per heavy atom. The first-order valence-corrected chi connectivity index (χ1v) is 6.19. The van der Waals surface area contributed by atoms with Crippen LogP contribution >= 0.6 is 11.6 Å². The second-order valence-electron chi connectivity index (χ2n) is 4.57. The Bertz CT molecular complexity index is 400. The van der Waals surface area contributed by atoms with Crippen LogP contribution in [-0.2, 0) is 4.79 Å². The molecule has 2 rings (SSSR count). The van der Waals surface area contributed by atoms with Crippen LogP contribution in [0.1, 0.15) is 31.4 Å². The Labute approximate surface area is 106 Å². The van der Waals surface area contributed by atoms with Crippen molar-refractivity contribution in [1.82, 2.24) is 5.32 Å². The highest BCUT2D eigenvalue weighted by Gasteiger charge is 2.31. The van der Waals surface area contributed by atoms with Crippen LogP contribution in [0.5, 0.6) is 0 Å². The lowest BCUT2D eigenvalue weighted by Crippen LogP contribution is -2.37. The molecule has 92 valence electrons. The maximum atomic E-state index is 11.6. The van der Waals surface area contributed by atoms with E-state index in [1.807, 2.05) is 0 Å². The van der Waals surface area contributed by atoms with E-state index in [4.69, 9.17) is 11.6 Å². The molecule has 0 heterocycles. The molecule has 1 aliphatic rings. The number of carbonyl (C=O) groups excluding carboxylic acids is 1. The minimum atomic E-state index is -0.699. The van der Waals surface area contributed by atoms with E-state index >= 15 is 0 Å². The molecule has 3 nitrogen and oxygen atoms in total. The lowest BCUT2D eigenvalue weighted by Gasteiger charge is -2.20. The molecule has 1 fully saturated rings. The van der Waals surface area contributed by atoms with Crippen LogP contribution in [0.2, 0.25) is 5.02 Å². The van der Waals surface area contributed by atoms with Crippen LogP contribution in [-0.4, -0.2) is 17.1 Å². The van der Waals surface area contributed by atoms with Crippen LogP contribution in [0.25, 0.3) is 0 Å². The molecule has 0 spiro atoms. The molecule has 1 aliphatic carbocycles. The molecule has 1 aromatic rings. The molecule has 0 aliphatic heterocycles. The van der Waals surface area contributed by atoms with Crippen molar-refractivity contribution in [3.8, 4) is 0 Å². The van der Waals surface area contributed by atoms with Crippen molar-refractivity contribution in [3.05, 3.63) is 34.9 Å². The quantitative estimate of drug-likeness (QED) is 0.865. The molecule has 0 radical (unpaired) electrons. The molecule has 2 unspecified atom stereocenters. The Kier molecular flexibility index (Phi) is 3.69. The van der Waals surface area contributed by atoms with Gasteiger partial charge in [0.2, 0.25) is 5.91 Å². The predicted molar refractivity (Wildman–Crippen MR) is 66.7 cm³/mol. The third kappa shape index (κ3) is 3.20. The monoisotopic (exact) mass is 253 g/mol. The smallest absolute Gasteiger partial charge is 0.223 e. The summed E-state index contributed by atoms with van der Waals surface area (Å²) in [5.74, 6) is 0.209. The maximum Gasteiger partial charge on any atom is 0.223 e. The lowest BCUT2D eigenvalue weighted by molar-refractivity contribution is -0.123. The van der Waals surface area contributed by atoms with E-state index in [2.05, 4.69) is 5.32 Å². The van der Waals surface area contributed by atoms with Gasteiger partial charge in [0, 0.05) is 10.9 Å². The Morgan fingerprint density at radius 3 is 2.53 bits per heavy atom. The van der Waals surface area contributed by atoms with Crippen LogP contribution in [0.3, 0.4) is 0 Å². The normalized spacial score (nSPS) is 18.5. The zero-order valence-corrected chi connectivity index (χ0v) is 10.4.